The van der Waals surface area contributed by atoms with Crippen molar-refractivity contribution in [3.63, 3.8) is 0 Å². The van der Waals surface area contributed by atoms with Gasteiger partial charge in [-0.05, 0) is 43.1 Å². The van der Waals surface area contributed by atoms with E-state index in [4.69, 9.17) is 4.74 Å². The van der Waals surface area contributed by atoms with Gasteiger partial charge >= 0.3 is 0 Å². The number of ether oxygens (including phenoxy) is 1. The zero-order chi connectivity index (χ0) is 17.4. The summed E-state index contributed by atoms with van der Waals surface area (Å²) in [5.74, 6) is -0.118. The number of methoxy groups -OCH3 is 1. The largest absolute Gasteiger partial charge is 0.378 e. The number of aryl methyl sites for hydroxylation is 1. The van der Waals surface area contributed by atoms with Crippen LogP contribution in [0.25, 0.3) is 0 Å². The van der Waals surface area contributed by atoms with Crippen molar-refractivity contribution in [1.82, 2.24) is 20.4 Å². The highest BCUT2D eigenvalue weighted by Gasteiger charge is 2.53. The maximum atomic E-state index is 12.8. The minimum Gasteiger partial charge on any atom is -0.378 e. The summed E-state index contributed by atoms with van der Waals surface area (Å²) in [5.41, 5.74) is 3.00. The van der Waals surface area contributed by atoms with Crippen molar-refractivity contribution in [3.8, 4) is 0 Å². The van der Waals surface area contributed by atoms with Crippen LogP contribution in [0.2, 0.25) is 0 Å². The highest BCUT2D eigenvalue weighted by atomic mass is 16.5. The van der Waals surface area contributed by atoms with Gasteiger partial charge in [0.2, 0.25) is 0 Å². The van der Waals surface area contributed by atoms with E-state index in [1.807, 2.05) is 6.07 Å². The maximum absolute atomic E-state index is 12.8. The van der Waals surface area contributed by atoms with E-state index in [1.165, 1.54) is 11.1 Å². The van der Waals surface area contributed by atoms with E-state index in [0.29, 0.717) is 5.69 Å². The molecule has 0 radical (unpaired) electrons. The van der Waals surface area contributed by atoms with E-state index in [-0.39, 0.29) is 23.5 Å². The molecule has 2 unspecified atom stereocenters. The van der Waals surface area contributed by atoms with E-state index >= 15 is 0 Å². The Morgan fingerprint density at radius 3 is 2.76 bits per heavy atom. The number of rotatable bonds is 3. The molecule has 1 aromatic heterocycles. The number of aromatic nitrogens is 2. The van der Waals surface area contributed by atoms with Gasteiger partial charge in [-0.1, -0.05) is 24.3 Å². The SMILES string of the molecule is COC1C(NC(=O)c2ccnn2C)c2ccccc2C12CCNCC2. The average Bonchev–Trinajstić information content (AvgIpc) is 3.17. The Kier molecular flexibility index (Phi) is 4.09. The minimum atomic E-state index is -0.151. The average molecular weight is 340 g/mol. The van der Waals surface area contributed by atoms with Crippen molar-refractivity contribution in [1.29, 1.82) is 0 Å². The molecule has 1 spiro atoms. The molecular weight excluding hydrogens is 316 g/mol. The molecule has 2 atom stereocenters. The van der Waals surface area contributed by atoms with Crippen LogP contribution in [0.3, 0.4) is 0 Å². The summed E-state index contributed by atoms with van der Waals surface area (Å²) in [6.45, 7) is 1.94. The number of benzene rings is 1. The number of piperidine rings is 1. The van der Waals surface area contributed by atoms with Crippen molar-refractivity contribution in [3.05, 3.63) is 53.3 Å². The van der Waals surface area contributed by atoms with Gasteiger partial charge in [0.25, 0.3) is 5.91 Å². The lowest BCUT2D eigenvalue weighted by Crippen LogP contribution is -2.49. The second kappa shape index (κ2) is 6.28. The third-order valence-corrected chi connectivity index (χ3v) is 5.77. The quantitative estimate of drug-likeness (QED) is 0.889. The zero-order valence-electron chi connectivity index (χ0n) is 14.7. The van der Waals surface area contributed by atoms with E-state index in [0.717, 1.165) is 25.9 Å². The second-order valence-corrected chi connectivity index (χ2v) is 6.94. The van der Waals surface area contributed by atoms with E-state index in [1.54, 1.807) is 31.1 Å². The van der Waals surface area contributed by atoms with Gasteiger partial charge in [0.05, 0.1) is 12.1 Å². The first-order valence-electron chi connectivity index (χ1n) is 8.79. The molecule has 1 aliphatic heterocycles. The third-order valence-electron chi connectivity index (χ3n) is 5.77. The molecule has 6 nitrogen and oxygen atoms in total. The molecular formula is C19H24N4O2. The summed E-state index contributed by atoms with van der Waals surface area (Å²) >= 11 is 0. The second-order valence-electron chi connectivity index (χ2n) is 6.94. The molecule has 0 saturated carbocycles. The van der Waals surface area contributed by atoms with Crippen molar-refractivity contribution >= 4 is 5.91 Å². The number of amides is 1. The fraction of sp³-hybridized carbons (Fsp3) is 0.474. The molecule has 2 aliphatic rings. The summed E-state index contributed by atoms with van der Waals surface area (Å²) in [7, 11) is 3.53. The van der Waals surface area contributed by atoms with Crippen LogP contribution in [0.5, 0.6) is 0 Å². The van der Waals surface area contributed by atoms with Crippen LogP contribution < -0.4 is 10.6 Å². The van der Waals surface area contributed by atoms with Gasteiger partial charge in [-0.15, -0.1) is 0 Å². The smallest absolute Gasteiger partial charge is 0.270 e. The Hall–Kier alpha value is -2.18. The van der Waals surface area contributed by atoms with Crippen LogP contribution in [-0.2, 0) is 17.2 Å². The number of hydrogen-bond donors (Lipinski definition) is 2. The molecule has 4 rings (SSSR count). The highest BCUT2D eigenvalue weighted by Crippen LogP contribution is 2.51. The summed E-state index contributed by atoms with van der Waals surface area (Å²) in [6.07, 6.45) is 3.60. The fourth-order valence-corrected chi connectivity index (χ4v) is 4.61. The van der Waals surface area contributed by atoms with Gasteiger partial charge in [-0.3, -0.25) is 9.48 Å². The zero-order valence-corrected chi connectivity index (χ0v) is 14.7. The lowest BCUT2D eigenvalue weighted by molar-refractivity contribution is 0.00388. The number of carbonyl (C=O) groups excluding carboxylic acids is 1. The maximum Gasteiger partial charge on any atom is 0.270 e. The molecule has 2 heterocycles. The monoisotopic (exact) mass is 340 g/mol. The topological polar surface area (TPSA) is 68.2 Å². The molecule has 2 aromatic rings. The Labute approximate surface area is 147 Å². The van der Waals surface area contributed by atoms with E-state index < -0.39 is 0 Å². The van der Waals surface area contributed by atoms with Crippen molar-refractivity contribution < 1.29 is 9.53 Å². The number of carbonyl (C=O) groups is 1. The molecule has 1 aromatic carbocycles. The minimum absolute atomic E-state index is 0.0407. The Morgan fingerprint density at radius 2 is 2.08 bits per heavy atom. The molecule has 1 fully saturated rings. The number of nitrogens with zero attached hydrogens (tertiary/aromatic N) is 2. The Balaban J connectivity index is 1.72. The number of hydrogen-bond acceptors (Lipinski definition) is 4. The summed E-state index contributed by atoms with van der Waals surface area (Å²) in [4.78, 5) is 12.8. The summed E-state index contributed by atoms with van der Waals surface area (Å²) in [6, 6.07) is 10.0. The lowest BCUT2D eigenvalue weighted by Gasteiger charge is -2.40. The fourth-order valence-electron chi connectivity index (χ4n) is 4.61. The molecule has 2 N–H and O–H groups in total. The molecule has 25 heavy (non-hydrogen) atoms. The molecule has 132 valence electrons. The molecule has 6 heteroatoms. The van der Waals surface area contributed by atoms with Crippen LogP contribution in [0.1, 0.15) is 40.5 Å². The van der Waals surface area contributed by atoms with Crippen LogP contribution in [0.4, 0.5) is 0 Å². The molecule has 1 saturated heterocycles. The van der Waals surface area contributed by atoms with Crippen LogP contribution in [0.15, 0.2) is 36.5 Å². The molecule has 1 amide bonds. The molecule has 0 bridgehead atoms. The predicted octanol–water partition coefficient (Wildman–Crippen LogP) is 1.54. The summed E-state index contributed by atoms with van der Waals surface area (Å²) in [5, 5.41) is 10.7. The first-order chi connectivity index (χ1) is 12.2. The lowest BCUT2D eigenvalue weighted by atomic mass is 9.72. The van der Waals surface area contributed by atoms with Gasteiger partial charge in [-0.2, -0.15) is 5.10 Å². The van der Waals surface area contributed by atoms with Crippen LogP contribution >= 0.6 is 0 Å². The standard InChI is InChI=1S/C19H24N4O2/c1-23-15(7-10-21-23)18(24)22-16-13-5-3-4-6-14(13)19(17(16)25-2)8-11-20-12-9-19/h3-7,10,16-17,20H,8-9,11-12H2,1-2H3,(H,22,24). The van der Waals surface area contributed by atoms with Gasteiger partial charge in [0, 0.05) is 25.8 Å². The van der Waals surface area contributed by atoms with E-state index in [9.17, 15) is 4.79 Å². The van der Waals surface area contributed by atoms with Crippen LogP contribution in [0, 0.1) is 0 Å². The third kappa shape index (κ3) is 2.48. The number of nitrogens with one attached hydrogen (secondary N) is 2. The predicted molar refractivity (Wildman–Crippen MR) is 94.4 cm³/mol. The van der Waals surface area contributed by atoms with Crippen molar-refractivity contribution in [2.75, 3.05) is 20.2 Å². The first-order valence-corrected chi connectivity index (χ1v) is 8.79. The normalized spacial score (nSPS) is 24.2. The van der Waals surface area contributed by atoms with Gasteiger partial charge in [0.15, 0.2) is 0 Å². The van der Waals surface area contributed by atoms with Crippen molar-refractivity contribution in [2.24, 2.45) is 7.05 Å². The summed E-state index contributed by atoms with van der Waals surface area (Å²) < 4.78 is 7.58. The first kappa shape index (κ1) is 16.3. The highest BCUT2D eigenvalue weighted by molar-refractivity contribution is 5.93. The van der Waals surface area contributed by atoms with Gasteiger partial charge < -0.3 is 15.4 Å². The Bertz CT molecular complexity index is 779. The van der Waals surface area contributed by atoms with Gasteiger partial charge in [0.1, 0.15) is 5.69 Å². The Morgan fingerprint density at radius 1 is 1.32 bits per heavy atom. The molecule has 1 aliphatic carbocycles. The van der Waals surface area contributed by atoms with E-state index in [2.05, 4.69) is 33.9 Å². The number of fused-ring (bicyclic) bond motifs is 2. The van der Waals surface area contributed by atoms with Gasteiger partial charge in [-0.25, -0.2) is 0 Å². The van der Waals surface area contributed by atoms with Crippen molar-refractivity contribution in [2.45, 2.75) is 30.4 Å². The van der Waals surface area contributed by atoms with Crippen LogP contribution in [-0.4, -0.2) is 42.0 Å².